The van der Waals surface area contributed by atoms with Gasteiger partial charge >= 0.3 is 6.09 Å². The normalized spacial score (nSPS) is 18.5. The summed E-state index contributed by atoms with van der Waals surface area (Å²) < 4.78 is 60.7. The number of carbonyl (C=O) groups is 3. The number of hydrogen-bond donors (Lipinski definition) is 2. The molecule has 1 fully saturated rings. The predicted octanol–water partition coefficient (Wildman–Crippen LogP) is 4.86. The molecule has 4 rings (SSSR count). The maximum atomic E-state index is 14.4. The van der Waals surface area contributed by atoms with Crippen molar-refractivity contribution in [2.45, 2.75) is 75.9 Å². The van der Waals surface area contributed by atoms with E-state index in [-0.39, 0.29) is 30.1 Å². The van der Waals surface area contributed by atoms with Gasteiger partial charge in [-0.1, -0.05) is 6.07 Å². The van der Waals surface area contributed by atoms with Gasteiger partial charge in [-0.2, -0.15) is 0 Å². The first kappa shape index (κ1) is 30.3. The fourth-order valence-corrected chi connectivity index (χ4v) is 5.96. The van der Waals surface area contributed by atoms with Crippen LogP contribution in [0, 0.1) is 23.3 Å². The molecule has 3 amide bonds. The minimum absolute atomic E-state index is 0.00417. The number of benzene rings is 2. The highest BCUT2D eigenvalue weighted by atomic mass is 19.2. The minimum Gasteiger partial charge on any atom is -0.444 e. The zero-order chi connectivity index (χ0) is 30.1. The van der Waals surface area contributed by atoms with Crippen LogP contribution in [0.5, 0.6) is 0 Å². The van der Waals surface area contributed by atoms with Crippen LogP contribution in [0.4, 0.5) is 22.4 Å². The molecular weight excluding hydrogens is 542 g/mol. The largest absolute Gasteiger partial charge is 0.444 e. The Balaban J connectivity index is 1.48. The zero-order valence-electron chi connectivity index (χ0n) is 23.6. The van der Waals surface area contributed by atoms with Crippen LogP contribution in [0.1, 0.15) is 69.1 Å². The summed E-state index contributed by atoms with van der Waals surface area (Å²) in [6.45, 7) is 6.24. The number of hydrogen-bond acceptors (Lipinski definition) is 4. The van der Waals surface area contributed by atoms with Crippen LogP contribution < -0.4 is 10.6 Å². The molecule has 1 heterocycles. The lowest BCUT2D eigenvalue weighted by Crippen LogP contribution is -2.47. The lowest BCUT2D eigenvalue weighted by Gasteiger charge is -2.40. The second-order valence-corrected chi connectivity index (χ2v) is 11.9. The Kier molecular flexibility index (Phi) is 8.65. The van der Waals surface area contributed by atoms with Crippen LogP contribution in [0.3, 0.4) is 0 Å². The monoisotopic (exact) mass is 577 g/mol. The molecule has 222 valence electrons. The number of nitrogens with one attached hydrogen (secondary N) is 2. The van der Waals surface area contributed by atoms with E-state index in [9.17, 15) is 31.9 Å². The van der Waals surface area contributed by atoms with Crippen LogP contribution >= 0.6 is 0 Å². The molecule has 2 atom stereocenters. The molecule has 2 aliphatic rings. The molecular formula is C30H35F4N3O4. The number of amides is 3. The molecule has 0 aromatic heterocycles. The molecule has 0 radical (unpaired) electrons. The summed E-state index contributed by atoms with van der Waals surface area (Å²) in [6, 6.07) is 4.95. The maximum absolute atomic E-state index is 14.4. The van der Waals surface area contributed by atoms with Crippen LogP contribution in [0.25, 0.3) is 0 Å². The average molecular weight is 578 g/mol. The Labute approximate surface area is 236 Å². The molecule has 41 heavy (non-hydrogen) atoms. The third-order valence-corrected chi connectivity index (χ3v) is 7.85. The van der Waals surface area contributed by atoms with Crippen molar-refractivity contribution in [2.75, 3.05) is 20.1 Å². The van der Waals surface area contributed by atoms with Gasteiger partial charge in [0, 0.05) is 33.0 Å². The van der Waals surface area contributed by atoms with Crippen LogP contribution in [0.15, 0.2) is 30.3 Å². The number of nitrogens with zero attached hydrogens (tertiary/aromatic N) is 1. The van der Waals surface area contributed by atoms with E-state index in [1.165, 1.54) is 19.2 Å². The Morgan fingerprint density at radius 2 is 1.68 bits per heavy atom. The fourth-order valence-electron chi connectivity index (χ4n) is 5.96. The SMILES string of the molecule is CNC(=O)[C@@H](Cc1cc(F)c(F)c(F)c1)NC(=O)C[C@@H]1CC2(CCN(C(=O)OC(C)(C)C)CC2)c2cc(F)ccc21. The first-order valence-electron chi connectivity index (χ1n) is 13.6. The number of ether oxygens (including phenoxy) is 1. The minimum atomic E-state index is -1.61. The molecule has 1 aliphatic heterocycles. The van der Waals surface area contributed by atoms with Crippen molar-refractivity contribution in [1.82, 2.24) is 15.5 Å². The molecule has 0 saturated carbocycles. The summed E-state index contributed by atoms with van der Waals surface area (Å²) in [7, 11) is 1.36. The Hall–Kier alpha value is -3.63. The van der Waals surface area contributed by atoms with E-state index >= 15 is 0 Å². The highest BCUT2D eigenvalue weighted by Crippen LogP contribution is 2.53. The van der Waals surface area contributed by atoms with Gasteiger partial charge in [0.05, 0.1) is 0 Å². The lowest BCUT2D eigenvalue weighted by molar-refractivity contribution is -0.128. The summed E-state index contributed by atoms with van der Waals surface area (Å²) in [5.41, 5.74) is 0.613. The van der Waals surface area contributed by atoms with Crippen molar-refractivity contribution >= 4 is 17.9 Å². The number of fused-ring (bicyclic) bond motifs is 2. The third kappa shape index (κ3) is 6.82. The van der Waals surface area contributed by atoms with Crippen molar-refractivity contribution in [2.24, 2.45) is 0 Å². The molecule has 0 unspecified atom stereocenters. The zero-order valence-corrected chi connectivity index (χ0v) is 23.6. The van der Waals surface area contributed by atoms with E-state index in [1.54, 1.807) is 31.7 Å². The summed E-state index contributed by atoms with van der Waals surface area (Å²) >= 11 is 0. The van der Waals surface area contributed by atoms with E-state index in [4.69, 9.17) is 4.74 Å². The van der Waals surface area contributed by atoms with Crippen molar-refractivity contribution in [3.05, 3.63) is 70.3 Å². The van der Waals surface area contributed by atoms with E-state index in [2.05, 4.69) is 10.6 Å². The van der Waals surface area contributed by atoms with Crippen molar-refractivity contribution in [1.29, 1.82) is 0 Å². The first-order chi connectivity index (χ1) is 19.2. The smallest absolute Gasteiger partial charge is 0.410 e. The average Bonchev–Trinajstić information content (AvgIpc) is 3.17. The van der Waals surface area contributed by atoms with Crippen LogP contribution in [-0.2, 0) is 26.2 Å². The van der Waals surface area contributed by atoms with Gasteiger partial charge in [0.2, 0.25) is 11.8 Å². The molecule has 11 heteroatoms. The summed E-state index contributed by atoms with van der Waals surface area (Å²) in [6.07, 6.45) is 1.04. The number of piperidine rings is 1. The topological polar surface area (TPSA) is 87.7 Å². The molecule has 2 N–H and O–H groups in total. The number of likely N-dealkylation sites (tertiary alicyclic amines) is 1. The molecule has 2 aromatic carbocycles. The summed E-state index contributed by atoms with van der Waals surface area (Å²) in [5, 5.41) is 5.06. The van der Waals surface area contributed by atoms with Crippen molar-refractivity contribution < 1.29 is 36.7 Å². The van der Waals surface area contributed by atoms with E-state index < -0.39 is 52.4 Å². The summed E-state index contributed by atoms with van der Waals surface area (Å²) in [4.78, 5) is 39.9. The number of carbonyl (C=O) groups excluding carboxylic acids is 3. The van der Waals surface area contributed by atoms with Gasteiger partial charge in [0.25, 0.3) is 0 Å². The lowest BCUT2D eigenvalue weighted by atomic mass is 9.73. The second-order valence-electron chi connectivity index (χ2n) is 11.9. The summed E-state index contributed by atoms with van der Waals surface area (Å²) in [5.74, 6) is -6.10. The standard InChI is InChI=1S/C30H35F4N3O4/c1-29(2,3)41-28(40)37-9-7-30(8-10-37)16-18(20-6-5-19(31)15-21(20)30)14-25(38)36-24(27(39)35-4)13-17-11-22(32)26(34)23(33)12-17/h5-6,11-12,15,18,24H,7-10,13-14,16H2,1-4H3,(H,35,39)(H,36,38)/t18-,24-/m1/s1. The number of halogens is 4. The van der Waals surface area contributed by atoms with E-state index in [0.717, 1.165) is 23.3 Å². The number of rotatable bonds is 6. The molecule has 1 spiro atoms. The van der Waals surface area contributed by atoms with Crippen LogP contribution in [-0.4, -0.2) is 54.6 Å². The highest BCUT2D eigenvalue weighted by molar-refractivity contribution is 5.88. The highest BCUT2D eigenvalue weighted by Gasteiger charge is 2.47. The fraction of sp³-hybridized carbons (Fsp3) is 0.500. The Bertz CT molecular complexity index is 1310. The maximum Gasteiger partial charge on any atom is 0.410 e. The first-order valence-corrected chi connectivity index (χ1v) is 13.6. The van der Waals surface area contributed by atoms with E-state index in [0.29, 0.717) is 32.4 Å². The van der Waals surface area contributed by atoms with Gasteiger partial charge in [0.15, 0.2) is 17.5 Å². The van der Waals surface area contributed by atoms with Gasteiger partial charge in [-0.15, -0.1) is 0 Å². The van der Waals surface area contributed by atoms with Crippen molar-refractivity contribution in [3.8, 4) is 0 Å². The molecule has 7 nitrogen and oxygen atoms in total. The second kappa shape index (κ2) is 11.7. The molecule has 1 aliphatic carbocycles. The van der Waals surface area contributed by atoms with Gasteiger partial charge < -0.3 is 20.3 Å². The molecule has 2 aromatic rings. The number of likely N-dealkylation sites (N-methyl/N-ethyl adjacent to an activating group) is 1. The Morgan fingerprint density at radius 1 is 1.05 bits per heavy atom. The third-order valence-electron chi connectivity index (χ3n) is 7.85. The van der Waals surface area contributed by atoms with Gasteiger partial charge in [-0.05, 0) is 92.3 Å². The Morgan fingerprint density at radius 3 is 2.27 bits per heavy atom. The van der Waals surface area contributed by atoms with Crippen LogP contribution in [0.2, 0.25) is 0 Å². The quantitative estimate of drug-likeness (QED) is 0.379. The molecule has 1 saturated heterocycles. The molecule has 0 bridgehead atoms. The van der Waals surface area contributed by atoms with Gasteiger partial charge in [-0.25, -0.2) is 22.4 Å². The van der Waals surface area contributed by atoms with Crippen molar-refractivity contribution in [3.63, 3.8) is 0 Å². The van der Waals surface area contributed by atoms with Gasteiger partial charge in [0.1, 0.15) is 17.5 Å². The predicted molar refractivity (Wildman–Crippen MR) is 143 cm³/mol. The van der Waals surface area contributed by atoms with E-state index in [1.807, 2.05) is 0 Å². The van der Waals surface area contributed by atoms with Gasteiger partial charge in [-0.3, -0.25) is 9.59 Å².